The van der Waals surface area contributed by atoms with Crippen LogP contribution in [0.2, 0.25) is 0 Å². The second kappa shape index (κ2) is 5.96. The molecule has 24 heavy (non-hydrogen) atoms. The third-order valence-electron chi connectivity index (χ3n) is 5.32. The lowest BCUT2D eigenvalue weighted by molar-refractivity contribution is -0.0157. The first-order valence-corrected chi connectivity index (χ1v) is 8.45. The number of halogens is 1. The Balaban J connectivity index is 1.44. The summed E-state index contributed by atoms with van der Waals surface area (Å²) in [6.45, 7) is 2.91. The summed E-state index contributed by atoms with van der Waals surface area (Å²) in [6.07, 6.45) is 1.84. The minimum absolute atomic E-state index is 0.239. The SMILES string of the molecule is COC1(c2ccc(F)cc2)OC12CCN(Cc1ccccc1)CC2. The highest BCUT2D eigenvalue weighted by atomic mass is 19.1. The second-order valence-electron chi connectivity index (χ2n) is 6.69. The summed E-state index contributed by atoms with van der Waals surface area (Å²) in [5.41, 5.74) is 1.97. The predicted molar refractivity (Wildman–Crippen MR) is 89.9 cm³/mol. The number of benzene rings is 2. The van der Waals surface area contributed by atoms with Crippen molar-refractivity contribution in [2.24, 2.45) is 0 Å². The van der Waals surface area contributed by atoms with Crippen molar-refractivity contribution >= 4 is 0 Å². The van der Waals surface area contributed by atoms with Crippen molar-refractivity contribution in [3.05, 3.63) is 71.5 Å². The monoisotopic (exact) mass is 327 g/mol. The number of methoxy groups -OCH3 is 1. The normalized spacial score (nSPS) is 25.8. The highest BCUT2D eigenvalue weighted by Gasteiger charge is 2.72. The third kappa shape index (κ3) is 2.55. The molecular weight excluding hydrogens is 305 g/mol. The molecule has 2 aromatic carbocycles. The smallest absolute Gasteiger partial charge is 0.225 e. The Labute approximate surface area is 142 Å². The van der Waals surface area contributed by atoms with Gasteiger partial charge >= 0.3 is 0 Å². The number of piperidine rings is 1. The topological polar surface area (TPSA) is 25.0 Å². The number of likely N-dealkylation sites (tertiary alicyclic amines) is 1. The van der Waals surface area contributed by atoms with E-state index in [9.17, 15) is 4.39 Å². The number of hydrogen-bond acceptors (Lipinski definition) is 3. The Morgan fingerprint density at radius 3 is 2.33 bits per heavy atom. The van der Waals surface area contributed by atoms with Gasteiger partial charge in [0.1, 0.15) is 11.4 Å². The standard InChI is InChI=1S/C20H22FNO2/c1-23-20(17-7-9-18(21)10-8-17)19(24-20)11-13-22(14-12-19)15-16-5-3-2-4-6-16/h2-10H,11-15H2,1H3. The van der Waals surface area contributed by atoms with Gasteiger partial charge in [0.25, 0.3) is 0 Å². The lowest BCUT2D eigenvalue weighted by Gasteiger charge is -2.32. The van der Waals surface area contributed by atoms with E-state index in [0.717, 1.165) is 38.0 Å². The first kappa shape index (κ1) is 15.8. The highest BCUT2D eigenvalue weighted by molar-refractivity contribution is 5.32. The average molecular weight is 327 g/mol. The molecular formula is C20H22FNO2. The zero-order valence-corrected chi connectivity index (χ0v) is 13.9. The molecule has 0 saturated carbocycles. The molecule has 4 rings (SSSR count). The van der Waals surface area contributed by atoms with Gasteiger partial charge in [-0.2, -0.15) is 0 Å². The summed E-state index contributed by atoms with van der Waals surface area (Å²) < 4.78 is 25.1. The van der Waals surface area contributed by atoms with Crippen LogP contribution >= 0.6 is 0 Å². The van der Waals surface area contributed by atoms with Crippen LogP contribution in [-0.4, -0.2) is 30.7 Å². The van der Waals surface area contributed by atoms with Crippen molar-refractivity contribution in [3.8, 4) is 0 Å². The van der Waals surface area contributed by atoms with Crippen LogP contribution in [0, 0.1) is 5.82 Å². The molecule has 2 aromatic rings. The second-order valence-corrected chi connectivity index (χ2v) is 6.69. The summed E-state index contributed by atoms with van der Waals surface area (Å²) in [6, 6.07) is 17.0. The Morgan fingerprint density at radius 2 is 1.71 bits per heavy atom. The fraction of sp³-hybridized carbons (Fsp3) is 0.400. The van der Waals surface area contributed by atoms with E-state index in [1.54, 1.807) is 19.2 Å². The average Bonchev–Trinajstić information content (AvgIpc) is 3.27. The minimum atomic E-state index is -0.709. The lowest BCUT2D eigenvalue weighted by atomic mass is 9.87. The fourth-order valence-corrected chi connectivity index (χ4v) is 3.93. The highest BCUT2D eigenvalue weighted by Crippen LogP contribution is 2.61. The Kier molecular flexibility index (Phi) is 3.91. The number of rotatable bonds is 4. The zero-order chi connectivity index (χ0) is 16.6. The first-order chi connectivity index (χ1) is 11.7. The van der Waals surface area contributed by atoms with Gasteiger partial charge in [-0.1, -0.05) is 42.5 Å². The number of epoxide rings is 1. The molecule has 0 bridgehead atoms. The van der Waals surface area contributed by atoms with Crippen molar-refractivity contribution in [2.45, 2.75) is 30.8 Å². The van der Waals surface area contributed by atoms with Gasteiger partial charge in [-0.3, -0.25) is 4.90 Å². The molecule has 1 spiro atoms. The summed E-state index contributed by atoms with van der Waals surface area (Å²) >= 11 is 0. The number of hydrogen-bond donors (Lipinski definition) is 0. The van der Waals surface area contributed by atoms with Crippen LogP contribution in [0.15, 0.2) is 54.6 Å². The molecule has 0 aliphatic carbocycles. The number of nitrogens with zero attached hydrogens (tertiary/aromatic N) is 1. The summed E-state index contributed by atoms with van der Waals surface area (Å²) in [7, 11) is 1.68. The van der Waals surface area contributed by atoms with Crippen LogP contribution in [-0.2, 0) is 21.8 Å². The molecule has 4 heteroatoms. The van der Waals surface area contributed by atoms with Crippen molar-refractivity contribution in [3.63, 3.8) is 0 Å². The fourth-order valence-electron chi connectivity index (χ4n) is 3.93. The molecule has 126 valence electrons. The maximum Gasteiger partial charge on any atom is 0.225 e. The first-order valence-electron chi connectivity index (χ1n) is 8.45. The van der Waals surface area contributed by atoms with Crippen LogP contribution in [0.25, 0.3) is 0 Å². The van der Waals surface area contributed by atoms with Gasteiger partial charge < -0.3 is 9.47 Å². The van der Waals surface area contributed by atoms with Crippen LogP contribution in [0.5, 0.6) is 0 Å². The Morgan fingerprint density at radius 1 is 1.04 bits per heavy atom. The molecule has 2 aliphatic heterocycles. The van der Waals surface area contributed by atoms with Crippen molar-refractivity contribution in [1.82, 2.24) is 4.90 Å². The van der Waals surface area contributed by atoms with E-state index in [1.165, 1.54) is 17.7 Å². The molecule has 2 aliphatic rings. The van der Waals surface area contributed by atoms with E-state index in [-0.39, 0.29) is 11.4 Å². The molecule has 0 amide bonds. The van der Waals surface area contributed by atoms with Gasteiger partial charge in [-0.25, -0.2) is 4.39 Å². The Bertz CT molecular complexity index is 695. The van der Waals surface area contributed by atoms with Gasteiger partial charge in [0.15, 0.2) is 0 Å². The molecule has 0 aromatic heterocycles. The van der Waals surface area contributed by atoms with E-state index in [0.29, 0.717) is 0 Å². The molecule has 1 unspecified atom stereocenters. The molecule has 2 fully saturated rings. The van der Waals surface area contributed by atoms with Crippen LogP contribution < -0.4 is 0 Å². The van der Waals surface area contributed by atoms with Crippen LogP contribution in [0.4, 0.5) is 4.39 Å². The lowest BCUT2D eigenvalue weighted by Crippen LogP contribution is -2.40. The largest absolute Gasteiger partial charge is 0.347 e. The van der Waals surface area contributed by atoms with Gasteiger partial charge in [0.2, 0.25) is 5.79 Å². The number of ether oxygens (including phenoxy) is 2. The minimum Gasteiger partial charge on any atom is -0.347 e. The van der Waals surface area contributed by atoms with Gasteiger partial charge in [0.05, 0.1) is 0 Å². The van der Waals surface area contributed by atoms with E-state index in [1.807, 2.05) is 6.07 Å². The molecule has 0 radical (unpaired) electrons. The van der Waals surface area contributed by atoms with E-state index in [2.05, 4.69) is 29.2 Å². The van der Waals surface area contributed by atoms with E-state index < -0.39 is 5.79 Å². The Hall–Kier alpha value is -1.75. The van der Waals surface area contributed by atoms with Crippen molar-refractivity contribution < 1.29 is 13.9 Å². The van der Waals surface area contributed by atoms with Crippen molar-refractivity contribution in [1.29, 1.82) is 0 Å². The molecule has 3 nitrogen and oxygen atoms in total. The quantitative estimate of drug-likeness (QED) is 0.801. The summed E-state index contributed by atoms with van der Waals surface area (Å²) in [4.78, 5) is 2.45. The summed E-state index contributed by atoms with van der Waals surface area (Å²) in [5.74, 6) is -0.947. The summed E-state index contributed by atoms with van der Waals surface area (Å²) in [5, 5.41) is 0. The van der Waals surface area contributed by atoms with Crippen LogP contribution in [0.3, 0.4) is 0 Å². The molecule has 1 atom stereocenters. The van der Waals surface area contributed by atoms with Gasteiger partial charge in [-0.05, 0) is 30.5 Å². The van der Waals surface area contributed by atoms with Gasteiger partial charge in [-0.15, -0.1) is 0 Å². The zero-order valence-electron chi connectivity index (χ0n) is 13.9. The maximum atomic E-state index is 13.2. The van der Waals surface area contributed by atoms with E-state index in [4.69, 9.17) is 9.47 Å². The molecule has 2 heterocycles. The predicted octanol–water partition coefficient (Wildman–Crippen LogP) is 3.69. The molecule has 0 N–H and O–H groups in total. The molecule has 2 saturated heterocycles. The maximum absolute atomic E-state index is 13.2. The third-order valence-corrected chi connectivity index (χ3v) is 5.32. The van der Waals surface area contributed by atoms with E-state index >= 15 is 0 Å². The van der Waals surface area contributed by atoms with Gasteiger partial charge in [0, 0.05) is 32.3 Å². The van der Waals surface area contributed by atoms with Crippen molar-refractivity contribution in [2.75, 3.05) is 20.2 Å². The van der Waals surface area contributed by atoms with Crippen LogP contribution in [0.1, 0.15) is 24.0 Å².